The molecule has 2 N–H and O–H groups in total. The number of aliphatic hydroxyl groups excluding tert-OH is 2. The van der Waals surface area contributed by atoms with Crippen LogP contribution in [0.5, 0.6) is 23.0 Å². The molecule has 6 aliphatic rings. The summed E-state index contributed by atoms with van der Waals surface area (Å²) in [5.41, 5.74) is 4.17. The van der Waals surface area contributed by atoms with Gasteiger partial charge in [-0.15, -0.1) is 6.58 Å². The number of nitro benzene ring substituents is 1. The summed E-state index contributed by atoms with van der Waals surface area (Å²) in [5.74, 6) is 1.14. The molecule has 3 heterocycles. The number of rotatable bonds is 25. The number of unbranched alkanes of at least 4 members (excludes halogenated alkanes) is 2. The highest BCUT2D eigenvalue weighted by Crippen LogP contribution is 2.62. The molecule has 3 aliphatic heterocycles. The van der Waals surface area contributed by atoms with E-state index in [9.17, 15) is 20.3 Å². The number of amides is 1. The second-order valence-corrected chi connectivity index (χ2v) is 19.6. The molecular weight excluding hydrogens is 881 g/mol. The standard InChI is InChI=1S/C54H68N4O11/c1-2-28-67-54-50(57(51(61)22-16-37-9-3-4-10-37)34-39-15-20-48-49(30-39)66-36-65-48)33-46(55-68-35-38-13-17-41(18-14-38)58(62)63)44-31-40(11-5-7-26-59)43(12-6-8-27-60)52(53(44)54)45-32-42(19-21-47(45)69-54)64-29-25-56-23-24-56/h2,13-15,17-21,30-32,37,40,43,50,52-53,59-60H,1,3-12,16,22-29,33-36H2/t40-,43+,50-,52+,53+,54+/m0/s1. The van der Waals surface area contributed by atoms with E-state index in [4.69, 9.17) is 33.7 Å². The number of carbonyl (C=O) groups excluding carboxylic acids is 1. The molecule has 370 valence electrons. The van der Waals surface area contributed by atoms with E-state index < -0.39 is 22.7 Å². The zero-order chi connectivity index (χ0) is 47.7. The Kier molecular flexibility index (Phi) is 15.8. The van der Waals surface area contributed by atoms with E-state index in [1.165, 1.54) is 25.0 Å². The van der Waals surface area contributed by atoms with Crippen molar-refractivity contribution in [1.82, 2.24) is 9.80 Å². The summed E-state index contributed by atoms with van der Waals surface area (Å²) in [6.45, 7) is 8.41. The van der Waals surface area contributed by atoms with Gasteiger partial charge in [-0.2, -0.15) is 0 Å². The molecule has 9 rings (SSSR count). The number of nitro groups is 1. The minimum atomic E-state index is -1.43. The van der Waals surface area contributed by atoms with Crippen LogP contribution in [-0.4, -0.2) is 101 Å². The van der Waals surface area contributed by atoms with E-state index in [0.29, 0.717) is 54.7 Å². The molecule has 0 unspecified atom stereocenters. The second-order valence-electron chi connectivity index (χ2n) is 19.6. The molecule has 3 aromatic carbocycles. The van der Waals surface area contributed by atoms with Crippen LogP contribution in [0.4, 0.5) is 5.69 Å². The van der Waals surface area contributed by atoms with Gasteiger partial charge in [0, 0.05) is 75.8 Å². The first-order valence-electron chi connectivity index (χ1n) is 25.3. The number of hydrogen-bond acceptors (Lipinski definition) is 13. The first-order chi connectivity index (χ1) is 33.8. The smallest absolute Gasteiger partial charge is 0.269 e. The Bertz CT molecular complexity index is 2330. The number of oxime groups is 1. The molecular formula is C54H68N4O11. The van der Waals surface area contributed by atoms with E-state index in [2.05, 4.69) is 23.6 Å². The van der Waals surface area contributed by atoms with Gasteiger partial charge in [0.15, 0.2) is 11.5 Å². The van der Waals surface area contributed by atoms with Crippen LogP contribution in [0, 0.1) is 33.8 Å². The highest BCUT2D eigenvalue weighted by atomic mass is 16.7. The van der Waals surface area contributed by atoms with Crippen LogP contribution in [0.25, 0.3) is 0 Å². The average Bonchev–Trinajstić information content (AvgIpc) is 3.79. The summed E-state index contributed by atoms with van der Waals surface area (Å²) in [6, 6.07) is 17.5. The van der Waals surface area contributed by atoms with Crippen LogP contribution in [0.15, 0.2) is 90.1 Å². The Morgan fingerprint density at radius 1 is 0.942 bits per heavy atom. The van der Waals surface area contributed by atoms with Gasteiger partial charge in [0.25, 0.3) is 5.69 Å². The van der Waals surface area contributed by atoms with Gasteiger partial charge >= 0.3 is 0 Å². The van der Waals surface area contributed by atoms with Gasteiger partial charge in [0.2, 0.25) is 18.5 Å². The average molecular weight is 949 g/mol. The van der Waals surface area contributed by atoms with Crippen molar-refractivity contribution in [1.29, 1.82) is 0 Å². The van der Waals surface area contributed by atoms with Crippen molar-refractivity contribution in [3.8, 4) is 23.0 Å². The SMILES string of the molecule is C=CCO[C@@]12Oc3ccc(OCCN4CC4)cc3[C@H]3[C@H](CCCCO)[C@@H](CCCCO)C=C(C(=NOCc4ccc([N+](=O)[O-])cc4)C[C@@H]1N(Cc1ccc4c(c1)OCO4)C(=O)CCC1CCCC1)[C@H]32. The Labute approximate surface area is 405 Å². The van der Waals surface area contributed by atoms with Crippen molar-refractivity contribution in [3.05, 3.63) is 112 Å². The molecule has 0 aromatic heterocycles. The van der Waals surface area contributed by atoms with E-state index in [-0.39, 0.29) is 75.5 Å². The lowest BCUT2D eigenvalue weighted by atomic mass is 9.55. The third kappa shape index (κ3) is 11.1. The van der Waals surface area contributed by atoms with Gasteiger partial charge in [0.05, 0.1) is 23.2 Å². The minimum Gasteiger partial charge on any atom is -0.492 e. The van der Waals surface area contributed by atoms with Gasteiger partial charge in [-0.1, -0.05) is 61.9 Å². The molecule has 0 bridgehead atoms. The number of hydrogen-bond donors (Lipinski definition) is 2. The van der Waals surface area contributed by atoms with Crippen molar-refractivity contribution in [2.75, 3.05) is 52.9 Å². The molecule has 15 heteroatoms. The molecule has 0 radical (unpaired) electrons. The maximum atomic E-state index is 15.4. The fourth-order valence-corrected chi connectivity index (χ4v) is 11.6. The first kappa shape index (κ1) is 48.5. The van der Waals surface area contributed by atoms with Gasteiger partial charge in [-0.05, 0) is 109 Å². The Morgan fingerprint density at radius 3 is 2.45 bits per heavy atom. The number of carbonyl (C=O) groups is 1. The minimum absolute atomic E-state index is 0.0111. The second kappa shape index (κ2) is 22.5. The molecule has 2 saturated carbocycles. The van der Waals surface area contributed by atoms with Crippen molar-refractivity contribution in [2.45, 2.75) is 114 Å². The number of aliphatic hydroxyl groups is 2. The summed E-state index contributed by atoms with van der Waals surface area (Å²) in [7, 11) is 0. The third-order valence-corrected chi connectivity index (χ3v) is 15.1. The van der Waals surface area contributed by atoms with Gasteiger partial charge in [0.1, 0.15) is 30.8 Å². The lowest BCUT2D eigenvalue weighted by Crippen LogP contribution is -2.70. The van der Waals surface area contributed by atoms with Crippen molar-refractivity contribution >= 4 is 17.3 Å². The fraction of sp³-hybridized carbons (Fsp3) is 0.556. The highest BCUT2D eigenvalue weighted by Gasteiger charge is 2.65. The lowest BCUT2D eigenvalue weighted by Gasteiger charge is -2.60. The number of fused-ring (bicyclic) bond motifs is 3. The van der Waals surface area contributed by atoms with Crippen LogP contribution >= 0.6 is 0 Å². The van der Waals surface area contributed by atoms with Crippen LogP contribution in [0.3, 0.4) is 0 Å². The first-order valence-corrected chi connectivity index (χ1v) is 25.3. The highest BCUT2D eigenvalue weighted by molar-refractivity contribution is 6.03. The zero-order valence-electron chi connectivity index (χ0n) is 39.7. The Hall–Kier alpha value is -5.48. The van der Waals surface area contributed by atoms with Crippen molar-refractivity contribution in [3.63, 3.8) is 0 Å². The van der Waals surface area contributed by atoms with Crippen molar-refractivity contribution in [2.24, 2.45) is 28.8 Å². The summed E-state index contributed by atoms with van der Waals surface area (Å²) < 4.78 is 32.8. The Balaban J connectivity index is 1.20. The quantitative estimate of drug-likeness (QED) is 0.0272. The monoisotopic (exact) mass is 948 g/mol. The molecule has 0 spiro atoms. The van der Waals surface area contributed by atoms with E-state index in [1.54, 1.807) is 18.2 Å². The number of non-ortho nitro benzene ring substituents is 1. The predicted molar refractivity (Wildman–Crippen MR) is 259 cm³/mol. The maximum Gasteiger partial charge on any atom is 0.269 e. The van der Waals surface area contributed by atoms with E-state index in [1.807, 2.05) is 35.2 Å². The van der Waals surface area contributed by atoms with Crippen LogP contribution in [-0.2, 0) is 27.5 Å². The summed E-state index contributed by atoms with van der Waals surface area (Å²) in [5, 5.41) is 36.6. The van der Waals surface area contributed by atoms with E-state index in [0.717, 1.165) is 92.6 Å². The number of nitrogens with zero attached hydrogens (tertiary/aromatic N) is 4. The fourth-order valence-electron chi connectivity index (χ4n) is 11.6. The van der Waals surface area contributed by atoms with E-state index >= 15 is 4.79 Å². The largest absolute Gasteiger partial charge is 0.492 e. The maximum absolute atomic E-state index is 15.4. The van der Waals surface area contributed by atoms with Gasteiger partial charge in [-0.25, -0.2) is 0 Å². The Morgan fingerprint density at radius 2 is 1.70 bits per heavy atom. The lowest BCUT2D eigenvalue weighted by molar-refractivity contribution is -0.384. The molecule has 1 amide bonds. The van der Waals surface area contributed by atoms with Crippen molar-refractivity contribution < 1.29 is 48.5 Å². The molecule has 3 aromatic rings. The normalized spacial score (nSPS) is 25.0. The molecule has 3 fully saturated rings. The third-order valence-electron chi connectivity index (χ3n) is 15.1. The molecule has 15 nitrogen and oxygen atoms in total. The summed E-state index contributed by atoms with van der Waals surface area (Å²) in [6.07, 6.45) is 14.6. The van der Waals surface area contributed by atoms with Gasteiger partial charge in [-0.3, -0.25) is 19.8 Å². The van der Waals surface area contributed by atoms with Gasteiger partial charge < -0.3 is 43.6 Å². The zero-order valence-corrected chi connectivity index (χ0v) is 39.7. The van der Waals surface area contributed by atoms with Crippen LogP contribution in [0.2, 0.25) is 0 Å². The summed E-state index contributed by atoms with van der Waals surface area (Å²) in [4.78, 5) is 37.0. The number of allylic oxidation sites excluding steroid dienone is 1. The number of benzene rings is 3. The van der Waals surface area contributed by atoms with Crippen LogP contribution < -0.4 is 18.9 Å². The molecule has 69 heavy (non-hydrogen) atoms. The number of ether oxygens (including phenoxy) is 5. The molecule has 3 aliphatic carbocycles. The molecule has 6 atom stereocenters. The summed E-state index contributed by atoms with van der Waals surface area (Å²) >= 11 is 0. The predicted octanol–water partition coefficient (Wildman–Crippen LogP) is 8.85. The van der Waals surface area contributed by atoms with Crippen LogP contribution in [0.1, 0.15) is 106 Å². The topological polar surface area (TPSA) is 175 Å². The molecule has 1 saturated heterocycles.